The average Bonchev–Trinajstić information content (AvgIpc) is 3.29. The van der Waals surface area contributed by atoms with Crippen molar-refractivity contribution in [3.63, 3.8) is 0 Å². The number of amidine groups is 1. The highest BCUT2D eigenvalue weighted by Gasteiger charge is 2.56. The number of aliphatic hydroxyl groups excluding tert-OH is 3. The minimum Gasteiger partial charge on any atom is -0.426 e. The van der Waals surface area contributed by atoms with Crippen LogP contribution in [0.5, 0.6) is 0 Å². The molecule has 9 unspecified atom stereocenters. The maximum atomic E-state index is 15.9. The van der Waals surface area contributed by atoms with E-state index in [4.69, 9.17) is 34.8 Å². The number of rotatable bonds is 22. The molecule has 0 bridgehead atoms. The number of amides is 2. The van der Waals surface area contributed by atoms with Crippen LogP contribution >= 0.6 is 0 Å². The molecule has 0 saturated carbocycles. The lowest BCUT2D eigenvalue weighted by Gasteiger charge is -2.65. The fourth-order valence-electron chi connectivity index (χ4n) is 8.50. The lowest BCUT2D eigenvalue weighted by molar-refractivity contribution is -0.229. The minimum atomic E-state index is -5.03. The first kappa shape index (κ1) is 59.4. The molecule has 0 aromatic heterocycles. The summed E-state index contributed by atoms with van der Waals surface area (Å²) in [6.45, 7) is 13.7. The number of methoxy groups -OCH3 is 2. The van der Waals surface area contributed by atoms with Crippen molar-refractivity contribution in [2.75, 3.05) is 53.6 Å². The first-order valence-electron chi connectivity index (χ1n) is 23.8. The monoisotopic (exact) mass is 1050 g/mol. The molecular formula is C50H69F5N10O9. The van der Waals surface area contributed by atoms with Gasteiger partial charge in [-0.25, -0.2) is 13.8 Å². The van der Waals surface area contributed by atoms with Crippen molar-refractivity contribution < 1.29 is 65.8 Å². The molecule has 0 spiro atoms. The van der Waals surface area contributed by atoms with Crippen molar-refractivity contribution in [3.8, 4) is 11.8 Å². The van der Waals surface area contributed by atoms with E-state index in [2.05, 4.69) is 49.6 Å². The highest BCUT2D eigenvalue weighted by molar-refractivity contribution is 5.98. The van der Waals surface area contributed by atoms with Gasteiger partial charge in [0.15, 0.2) is 5.90 Å². The molecule has 3 fully saturated rings. The number of fused-ring (bicyclic) bond motifs is 1. The number of hydrazine groups is 1. The third-order valence-electron chi connectivity index (χ3n) is 13.2. The number of dihydropyridines is 1. The molecular weight excluding hydrogens is 980 g/mol. The molecule has 3 saturated heterocycles. The number of benzene rings is 1. The summed E-state index contributed by atoms with van der Waals surface area (Å²) >= 11 is 0. The molecule has 9 atom stereocenters. The molecule has 0 aliphatic carbocycles. The lowest BCUT2D eigenvalue weighted by Crippen LogP contribution is -2.82. The fourth-order valence-corrected chi connectivity index (χ4v) is 8.50. The van der Waals surface area contributed by atoms with Crippen LogP contribution in [0.1, 0.15) is 59.1 Å². The van der Waals surface area contributed by atoms with E-state index in [0.717, 1.165) is 63.5 Å². The third-order valence-corrected chi connectivity index (χ3v) is 13.2. The maximum Gasteiger partial charge on any atom is 0.395 e. The van der Waals surface area contributed by atoms with E-state index in [-0.39, 0.29) is 17.9 Å². The second-order valence-electron chi connectivity index (χ2n) is 20.0. The van der Waals surface area contributed by atoms with Gasteiger partial charge in [-0.2, -0.15) is 13.2 Å². The van der Waals surface area contributed by atoms with Gasteiger partial charge in [0.25, 0.3) is 5.91 Å². The zero-order chi connectivity index (χ0) is 54.9. The molecule has 1 aromatic rings. The van der Waals surface area contributed by atoms with Gasteiger partial charge < -0.3 is 44.5 Å². The second kappa shape index (κ2) is 25.4. The Labute approximate surface area is 427 Å². The largest absolute Gasteiger partial charge is 0.426 e. The van der Waals surface area contributed by atoms with Crippen molar-refractivity contribution in [3.05, 3.63) is 83.5 Å². The van der Waals surface area contributed by atoms with Crippen LogP contribution in [0, 0.1) is 51.0 Å². The number of hydrogen-bond acceptors (Lipinski definition) is 17. The van der Waals surface area contributed by atoms with E-state index in [0.29, 0.717) is 44.1 Å². The summed E-state index contributed by atoms with van der Waals surface area (Å²) in [4.78, 5) is 37.7. The quantitative estimate of drug-likeness (QED) is 0.0154. The number of halogens is 5. The van der Waals surface area contributed by atoms with E-state index in [1.807, 2.05) is 12.2 Å². The van der Waals surface area contributed by atoms with Crippen LogP contribution in [0.3, 0.4) is 0 Å². The minimum absolute atomic E-state index is 0.163. The Kier molecular flexibility index (Phi) is 20.4. The Morgan fingerprint density at radius 1 is 1.00 bits per heavy atom. The molecule has 74 heavy (non-hydrogen) atoms. The van der Waals surface area contributed by atoms with Gasteiger partial charge in [-0.05, 0) is 55.5 Å². The van der Waals surface area contributed by atoms with E-state index in [1.54, 1.807) is 26.8 Å². The van der Waals surface area contributed by atoms with E-state index < -0.39 is 108 Å². The Bertz CT molecular complexity index is 2370. The molecule has 1 aromatic carbocycles. The van der Waals surface area contributed by atoms with Gasteiger partial charge in [0.05, 0.1) is 61.4 Å². The van der Waals surface area contributed by atoms with E-state index in [1.165, 1.54) is 25.2 Å². The molecule has 19 nitrogen and oxygen atoms in total. The van der Waals surface area contributed by atoms with Crippen LogP contribution in [0.15, 0.2) is 65.7 Å². The fraction of sp³-hybridized carbons (Fsp3) is 0.580. The predicted octanol–water partition coefficient (Wildman–Crippen LogP) is 2.79. The number of carbonyl (C=O) groups is 2. The SMILES string of the molecule is C=CC(=CC=CC#CC1C=CC(N2CC3C2CN3C2COC2)=NC1)CC(NC(=O)C(NC(O)OC)C(C)(C)C(F)(F)F)C(O)CN(Cc1c(F)cc(C(=N)OC(C)=N)cc1F)NC(=O)C(NC(O)OC)C(C)(C)C. The van der Waals surface area contributed by atoms with Gasteiger partial charge in [-0.15, -0.1) is 0 Å². The molecule has 9 N–H and O–H groups in total. The second-order valence-corrected chi connectivity index (χ2v) is 20.0. The summed E-state index contributed by atoms with van der Waals surface area (Å²) in [5.41, 5.74) is -2.07. The van der Waals surface area contributed by atoms with Gasteiger partial charge in [-0.1, -0.05) is 63.5 Å². The molecule has 2 amide bonds. The molecule has 24 heteroatoms. The standard InChI is InChI=1S/C50H69F5N10O9/c1-10-29(14-12-11-13-15-30-16-17-40(58-21-30)65-24-37-38(65)23-64(37)32-26-73-27-32)18-36(59-44(67)42(61-47(70)72-9)49(6,7)50(53,54)55)39(66)25-63(62-45(68)41(48(3,4)5)60-46(69)71-8)22-33-34(51)19-31(20-35(33)52)43(57)74-28(2)56/h10-12,14,16-17,19-20,30,32,36-39,41-42,46-47,56-57,60-61,66,69-70H,1,18,21-27H2,2-9H3,(H,59,67)(H,62,68). The lowest BCUT2D eigenvalue weighted by atomic mass is 9.82. The van der Waals surface area contributed by atoms with Crippen molar-refractivity contribution in [2.45, 2.75) is 116 Å². The van der Waals surface area contributed by atoms with Gasteiger partial charge in [0, 0.05) is 64.5 Å². The van der Waals surface area contributed by atoms with Gasteiger partial charge in [0.2, 0.25) is 24.6 Å². The van der Waals surface area contributed by atoms with Gasteiger partial charge in [-0.3, -0.25) is 46.4 Å². The summed E-state index contributed by atoms with van der Waals surface area (Å²) in [5.74, 6) is 0.996. The molecule has 4 heterocycles. The third kappa shape index (κ3) is 15.1. The molecule has 408 valence electrons. The normalized spacial score (nSPS) is 21.9. The number of nitrogens with zero attached hydrogens (tertiary/aromatic N) is 4. The molecule has 4 aliphatic rings. The van der Waals surface area contributed by atoms with Crippen molar-refractivity contribution in [1.82, 2.24) is 36.2 Å². The molecule has 5 rings (SSSR count). The van der Waals surface area contributed by atoms with Crippen molar-refractivity contribution >= 4 is 29.4 Å². The van der Waals surface area contributed by atoms with Crippen LogP contribution in [0.25, 0.3) is 0 Å². The Hall–Kier alpha value is -5.46. The number of likely N-dealkylation sites (tertiary alicyclic amines) is 2. The summed E-state index contributed by atoms with van der Waals surface area (Å²) in [5, 5.41) is 56.2. The number of ether oxygens (including phenoxy) is 4. The topological polar surface area (TPSA) is 250 Å². The highest BCUT2D eigenvalue weighted by atomic mass is 19.4. The molecule has 0 radical (unpaired) electrons. The number of nitrogens with one attached hydrogen (secondary N) is 6. The zero-order valence-electron chi connectivity index (χ0n) is 42.7. The maximum absolute atomic E-state index is 15.9. The van der Waals surface area contributed by atoms with Crippen molar-refractivity contribution in [1.29, 1.82) is 10.8 Å². The number of alkyl halides is 3. The Balaban J connectivity index is 1.42. The smallest absolute Gasteiger partial charge is 0.395 e. The van der Waals surface area contributed by atoms with Crippen LogP contribution in [0.4, 0.5) is 22.0 Å². The summed E-state index contributed by atoms with van der Waals surface area (Å²) in [7, 11) is 2.14. The summed E-state index contributed by atoms with van der Waals surface area (Å²) < 4.78 is 95.2. The average molecular weight is 1050 g/mol. The van der Waals surface area contributed by atoms with Crippen LogP contribution in [-0.2, 0) is 35.1 Å². The number of aliphatic imine (C=N–C) groups is 1. The molecule has 4 aliphatic heterocycles. The van der Waals surface area contributed by atoms with Crippen LogP contribution < -0.4 is 21.4 Å². The van der Waals surface area contributed by atoms with E-state index >= 15 is 8.78 Å². The Morgan fingerprint density at radius 2 is 1.64 bits per heavy atom. The summed E-state index contributed by atoms with van der Waals surface area (Å²) in [6.07, 6.45) is -0.995. The number of allylic oxidation sites excluding steroid dienone is 4. The number of aliphatic hydroxyl groups is 3. The Morgan fingerprint density at radius 3 is 2.14 bits per heavy atom. The van der Waals surface area contributed by atoms with Gasteiger partial charge >= 0.3 is 6.18 Å². The van der Waals surface area contributed by atoms with Crippen LogP contribution in [-0.4, -0.2) is 175 Å². The van der Waals surface area contributed by atoms with Gasteiger partial charge in [0.1, 0.15) is 23.5 Å². The number of hydrogen-bond donors (Lipinski definition) is 9. The first-order valence-corrected chi connectivity index (χ1v) is 23.8. The summed E-state index contributed by atoms with van der Waals surface area (Å²) in [6, 6.07) is -2.07. The van der Waals surface area contributed by atoms with Crippen molar-refractivity contribution in [2.24, 2.45) is 21.7 Å². The van der Waals surface area contributed by atoms with Crippen LogP contribution in [0.2, 0.25) is 0 Å². The number of piperazine rings is 1. The van der Waals surface area contributed by atoms with E-state index in [9.17, 15) is 38.1 Å². The number of carbonyl (C=O) groups excluding carboxylic acids is 2. The first-order chi connectivity index (χ1) is 34.7. The predicted molar refractivity (Wildman–Crippen MR) is 264 cm³/mol. The highest BCUT2D eigenvalue weighted by Crippen LogP contribution is 2.41. The zero-order valence-corrected chi connectivity index (χ0v) is 42.7.